The van der Waals surface area contributed by atoms with Gasteiger partial charge in [0.25, 0.3) is 5.84 Å². The number of methoxy groups -OCH3 is 1. The number of ether oxygens (including phenoxy) is 1. The van der Waals surface area contributed by atoms with Gasteiger partial charge in [-0.15, -0.1) is 0 Å². The Kier molecular flexibility index (Phi) is 3.88. The van der Waals surface area contributed by atoms with Crippen molar-refractivity contribution in [3.8, 4) is 5.75 Å². The lowest BCUT2D eigenvalue weighted by Gasteiger charge is -2.42. The van der Waals surface area contributed by atoms with Gasteiger partial charge in [0.15, 0.2) is 0 Å². The molecule has 1 aliphatic heterocycles. The molecule has 2 atom stereocenters. The van der Waals surface area contributed by atoms with Crippen molar-refractivity contribution >= 4 is 11.5 Å². The predicted molar refractivity (Wildman–Crippen MR) is 90.9 cm³/mol. The van der Waals surface area contributed by atoms with Gasteiger partial charge in [-0.1, -0.05) is 30.3 Å². The molecule has 0 spiro atoms. The van der Waals surface area contributed by atoms with E-state index in [-0.39, 0.29) is 0 Å². The van der Waals surface area contributed by atoms with Crippen LogP contribution in [-0.2, 0) is 0 Å². The fourth-order valence-corrected chi connectivity index (χ4v) is 3.39. The highest BCUT2D eigenvalue weighted by atomic mass is 16.5. The summed E-state index contributed by atoms with van der Waals surface area (Å²) in [6.45, 7) is 2.30. The molecule has 0 bridgehead atoms. The zero-order valence-electron chi connectivity index (χ0n) is 13.7. The highest BCUT2D eigenvalue weighted by Gasteiger charge is 2.52. The second kappa shape index (κ2) is 5.84. The summed E-state index contributed by atoms with van der Waals surface area (Å²) in [6.07, 6.45) is 0. The number of anilines is 1. The summed E-state index contributed by atoms with van der Waals surface area (Å²) in [5, 5.41) is 0. The van der Waals surface area contributed by atoms with Crippen LogP contribution in [0.4, 0.5) is 5.69 Å². The maximum Gasteiger partial charge on any atom is 0.259 e. The molecule has 2 aromatic carbocycles. The second-order valence-corrected chi connectivity index (χ2v) is 5.96. The van der Waals surface area contributed by atoms with Gasteiger partial charge in [0.2, 0.25) is 0 Å². The number of benzene rings is 2. The highest BCUT2D eigenvalue weighted by Crippen LogP contribution is 2.43. The van der Waals surface area contributed by atoms with Crippen LogP contribution >= 0.6 is 0 Å². The van der Waals surface area contributed by atoms with Crippen LogP contribution in [0.25, 0.3) is 0 Å². The van der Waals surface area contributed by atoms with E-state index in [0.717, 1.165) is 5.75 Å². The van der Waals surface area contributed by atoms with Crippen LogP contribution in [0.5, 0.6) is 5.75 Å². The molecule has 0 amide bonds. The van der Waals surface area contributed by atoms with Gasteiger partial charge in [-0.05, 0) is 36.8 Å². The molecule has 3 nitrogen and oxygen atoms in total. The van der Waals surface area contributed by atoms with E-state index >= 15 is 0 Å². The van der Waals surface area contributed by atoms with E-state index in [0.29, 0.717) is 12.0 Å². The Morgan fingerprint density at radius 2 is 1.59 bits per heavy atom. The maximum atomic E-state index is 5.27. The van der Waals surface area contributed by atoms with Crippen molar-refractivity contribution in [3.63, 3.8) is 0 Å². The molecule has 3 heteroatoms. The van der Waals surface area contributed by atoms with Gasteiger partial charge >= 0.3 is 0 Å². The zero-order chi connectivity index (χ0) is 15.7. The number of nitrogens with zero attached hydrogens (tertiary/aromatic N) is 2. The Labute approximate surface area is 132 Å². The van der Waals surface area contributed by atoms with Gasteiger partial charge in [-0.25, -0.2) is 4.90 Å². The minimum absolute atomic E-state index is 0.381. The van der Waals surface area contributed by atoms with Gasteiger partial charge in [-0.3, -0.25) is 4.58 Å². The van der Waals surface area contributed by atoms with E-state index in [1.165, 1.54) is 17.1 Å². The van der Waals surface area contributed by atoms with Crippen LogP contribution in [0.1, 0.15) is 18.5 Å². The third-order valence-corrected chi connectivity index (χ3v) is 4.36. The molecule has 1 saturated heterocycles. The largest absolute Gasteiger partial charge is 0.497 e. The first-order valence-electron chi connectivity index (χ1n) is 7.66. The molecule has 0 aliphatic carbocycles. The van der Waals surface area contributed by atoms with E-state index in [1.54, 1.807) is 7.11 Å². The third kappa shape index (κ3) is 2.37. The average molecular weight is 295 g/mol. The summed E-state index contributed by atoms with van der Waals surface area (Å²) >= 11 is 0. The first kappa shape index (κ1) is 14.6. The summed E-state index contributed by atoms with van der Waals surface area (Å²) in [5.41, 5.74) is 2.56. The second-order valence-electron chi connectivity index (χ2n) is 5.96. The smallest absolute Gasteiger partial charge is 0.259 e. The molecule has 22 heavy (non-hydrogen) atoms. The van der Waals surface area contributed by atoms with Gasteiger partial charge < -0.3 is 4.74 Å². The first-order chi connectivity index (χ1) is 10.6. The number of rotatable bonds is 3. The summed E-state index contributed by atoms with van der Waals surface area (Å²) in [4.78, 5) is 2.42. The lowest BCUT2D eigenvalue weighted by molar-refractivity contribution is -0.470. The lowest BCUT2D eigenvalue weighted by atomic mass is 9.82. The standard InChI is InChI=1S/C19H23N2O/c1-14-18(15-8-6-5-7-9-15)21(19(14)20(2)3)16-10-12-17(22-4)13-11-16/h5-14,18H,1-4H3/q+1/t14-,18-/m0/s1. The van der Waals surface area contributed by atoms with Crippen molar-refractivity contribution < 1.29 is 9.31 Å². The fourth-order valence-electron chi connectivity index (χ4n) is 3.39. The Bertz CT molecular complexity index is 672. The van der Waals surface area contributed by atoms with Gasteiger partial charge in [-0.2, -0.15) is 0 Å². The van der Waals surface area contributed by atoms with Crippen LogP contribution in [-0.4, -0.2) is 31.6 Å². The normalized spacial score (nSPS) is 20.5. The molecule has 114 valence electrons. The molecular weight excluding hydrogens is 272 g/mol. The molecule has 2 aromatic rings. The summed E-state index contributed by atoms with van der Waals surface area (Å²) < 4.78 is 7.49. The number of amidine groups is 1. The third-order valence-electron chi connectivity index (χ3n) is 4.36. The van der Waals surface area contributed by atoms with Gasteiger partial charge in [0.05, 0.1) is 21.2 Å². The van der Waals surface area contributed by atoms with E-state index in [9.17, 15) is 0 Å². The Morgan fingerprint density at radius 1 is 0.955 bits per heavy atom. The molecule has 0 N–H and O–H groups in total. The quantitative estimate of drug-likeness (QED) is 0.805. The Balaban J connectivity index is 2.01. The van der Waals surface area contributed by atoms with Gasteiger partial charge in [0, 0.05) is 0 Å². The predicted octanol–water partition coefficient (Wildman–Crippen LogP) is 3.56. The minimum Gasteiger partial charge on any atom is -0.497 e. The van der Waals surface area contributed by atoms with Crippen LogP contribution in [0, 0.1) is 5.92 Å². The lowest BCUT2D eigenvalue weighted by Crippen LogP contribution is -2.57. The molecule has 3 rings (SSSR count). The fraction of sp³-hybridized carbons (Fsp3) is 0.316. The molecule has 0 unspecified atom stereocenters. The number of hydrogen-bond donors (Lipinski definition) is 0. The van der Waals surface area contributed by atoms with Crippen molar-refractivity contribution in [1.82, 2.24) is 0 Å². The SMILES string of the molecule is COc1ccc(N2C(=[N+](C)C)[C@@H](C)[C@H]2c2ccccc2)cc1. The molecule has 0 saturated carbocycles. The van der Waals surface area contributed by atoms with Crippen molar-refractivity contribution in [1.29, 1.82) is 0 Å². The topological polar surface area (TPSA) is 15.5 Å². The van der Waals surface area contributed by atoms with E-state index < -0.39 is 0 Å². The number of hydrogen-bond acceptors (Lipinski definition) is 1. The van der Waals surface area contributed by atoms with Crippen molar-refractivity contribution in [2.45, 2.75) is 13.0 Å². The first-order valence-corrected chi connectivity index (χ1v) is 7.66. The molecule has 1 heterocycles. The molecule has 1 aliphatic rings. The van der Waals surface area contributed by atoms with Crippen molar-refractivity contribution in [3.05, 3.63) is 60.2 Å². The molecule has 0 aromatic heterocycles. The summed E-state index contributed by atoms with van der Waals surface area (Å²) in [7, 11) is 5.93. The summed E-state index contributed by atoms with van der Waals surface area (Å²) in [5.74, 6) is 2.73. The zero-order valence-corrected chi connectivity index (χ0v) is 13.7. The van der Waals surface area contributed by atoms with Crippen molar-refractivity contribution in [2.24, 2.45) is 5.92 Å². The molecular formula is C19H23N2O+. The molecule has 0 radical (unpaired) electrons. The van der Waals surface area contributed by atoms with Crippen LogP contribution in [0.2, 0.25) is 0 Å². The van der Waals surface area contributed by atoms with Crippen LogP contribution in [0.15, 0.2) is 54.6 Å². The van der Waals surface area contributed by atoms with E-state index in [1.807, 2.05) is 12.1 Å². The highest BCUT2D eigenvalue weighted by molar-refractivity contribution is 6.03. The maximum absolute atomic E-state index is 5.27. The van der Waals surface area contributed by atoms with E-state index in [2.05, 4.69) is 73.0 Å². The Hall–Kier alpha value is -2.29. The average Bonchev–Trinajstić information content (AvgIpc) is 2.53. The minimum atomic E-state index is 0.381. The van der Waals surface area contributed by atoms with Crippen LogP contribution < -0.4 is 9.64 Å². The molecule has 1 fully saturated rings. The summed E-state index contributed by atoms with van der Waals surface area (Å²) in [6, 6.07) is 19.4. The van der Waals surface area contributed by atoms with Crippen molar-refractivity contribution in [2.75, 3.05) is 26.1 Å². The van der Waals surface area contributed by atoms with Crippen LogP contribution in [0.3, 0.4) is 0 Å². The van der Waals surface area contributed by atoms with E-state index in [4.69, 9.17) is 4.74 Å². The Morgan fingerprint density at radius 3 is 2.14 bits per heavy atom. The monoisotopic (exact) mass is 295 g/mol. The van der Waals surface area contributed by atoms with Gasteiger partial charge in [0.1, 0.15) is 23.4 Å².